The molecule has 5 N–H and O–H groups in total. The van der Waals surface area contributed by atoms with Gasteiger partial charge < -0.3 is 21.1 Å². The maximum atomic E-state index is 10.0. The second-order valence-corrected chi connectivity index (χ2v) is 2.73. The van der Waals surface area contributed by atoms with Gasteiger partial charge in [-0.15, -0.1) is 0 Å². The van der Waals surface area contributed by atoms with Gasteiger partial charge in [-0.05, 0) is 13.3 Å². The average molecular weight is 219 g/mol. The summed E-state index contributed by atoms with van der Waals surface area (Å²) in [5.74, 6) is -2.01. The van der Waals surface area contributed by atoms with Crippen molar-refractivity contribution in [1.82, 2.24) is 0 Å². The molecule has 0 spiro atoms. The lowest BCUT2D eigenvalue weighted by molar-refractivity contribution is -0.139. The van der Waals surface area contributed by atoms with Gasteiger partial charge in [0.25, 0.3) is 0 Å². The lowest BCUT2D eigenvalue weighted by atomic mass is 10.2. The Morgan fingerprint density at radius 3 is 1.93 bits per heavy atom. The molecule has 88 valence electrons. The number of nitrogens with two attached hydrogens (primary N) is 1. The van der Waals surface area contributed by atoms with Gasteiger partial charge in [0.1, 0.15) is 6.04 Å². The first-order chi connectivity index (χ1) is 6.86. The van der Waals surface area contributed by atoms with Crippen LogP contribution in [0, 0.1) is 0 Å². The summed E-state index contributed by atoms with van der Waals surface area (Å²) in [7, 11) is 0. The van der Waals surface area contributed by atoms with Crippen molar-refractivity contribution in [3.05, 3.63) is 11.6 Å². The zero-order valence-corrected chi connectivity index (χ0v) is 8.80. The van der Waals surface area contributed by atoms with E-state index in [1.54, 1.807) is 13.0 Å². The van der Waals surface area contributed by atoms with Gasteiger partial charge in [-0.2, -0.15) is 0 Å². The van der Waals surface area contributed by atoms with Crippen molar-refractivity contribution in [2.24, 2.45) is 5.73 Å². The van der Waals surface area contributed by atoms with Crippen LogP contribution in [0.3, 0.4) is 0 Å². The molecule has 0 aliphatic rings. The Hall–Kier alpha value is -1.40. The molecule has 0 aromatic heterocycles. The van der Waals surface area contributed by atoms with Gasteiger partial charge in [0.05, 0.1) is 6.61 Å². The van der Waals surface area contributed by atoms with Crippen LogP contribution in [0.15, 0.2) is 11.6 Å². The van der Waals surface area contributed by atoms with Crippen LogP contribution in [-0.2, 0) is 9.59 Å². The van der Waals surface area contributed by atoms with E-state index in [0.717, 1.165) is 6.42 Å². The maximum Gasteiger partial charge on any atom is 0.330 e. The average Bonchev–Trinajstić information content (AvgIpc) is 2.17. The summed E-state index contributed by atoms with van der Waals surface area (Å²) < 4.78 is 0. The Kier molecular flexibility index (Phi) is 9.81. The standard InChI is InChI=1S/C6H10O2.C3H7NO3/c1-3-4-5(2)6(7)8;4-2(1-5)3(6)7/h4H,3H2,1-2H3,(H,7,8);2,5H,1,4H2,(H,6,7)/t;2-/m.0/s1. The topological polar surface area (TPSA) is 121 Å². The molecule has 0 amide bonds. The summed E-state index contributed by atoms with van der Waals surface area (Å²) in [5.41, 5.74) is 5.19. The Labute approximate surface area is 88.0 Å². The highest BCUT2D eigenvalue weighted by Gasteiger charge is 2.06. The number of carboxylic acids is 2. The van der Waals surface area contributed by atoms with Gasteiger partial charge in [0, 0.05) is 5.57 Å². The molecule has 15 heavy (non-hydrogen) atoms. The molecule has 0 bridgehead atoms. The highest BCUT2D eigenvalue weighted by atomic mass is 16.4. The molecule has 0 saturated carbocycles. The molecule has 0 rings (SSSR count). The number of carbonyl (C=O) groups is 2. The van der Waals surface area contributed by atoms with Crippen LogP contribution in [0.1, 0.15) is 20.3 Å². The molecule has 0 saturated heterocycles. The van der Waals surface area contributed by atoms with Crippen LogP contribution in [0.25, 0.3) is 0 Å². The van der Waals surface area contributed by atoms with E-state index in [4.69, 9.17) is 21.1 Å². The summed E-state index contributed by atoms with van der Waals surface area (Å²) in [6, 6.07) is -1.13. The summed E-state index contributed by atoms with van der Waals surface area (Å²) in [6.07, 6.45) is 2.47. The second kappa shape index (κ2) is 9.17. The molecule has 0 aliphatic carbocycles. The molecule has 0 radical (unpaired) electrons. The van der Waals surface area contributed by atoms with Crippen LogP contribution < -0.4 is 5.73 Å². The van der Waals surface area contributed by atoms with Crippen molar-refractivity contribution < 1.29 is 24.9 Å². The SMILES string of the molecule is CCC=C(C)C(=O)O.N[C@@H](CO)C(=O)O. The highest BCUT2D eigenvalue weighted by molar-refractivity contribution is 5.85. The van der Waals surface area contributed by atoms with Crippen LogP contribution in [0.2, 0.25) is 0 Å². The van der Waals surface area contributed by atoms with Crippen LogP contribution in [0.4, 0.5) is 0 Å². The molecule has 6 heteroatoms. The molecule has 0 aromatic carbocycles. The van der Waals surface area contributed by atoms with E-state index in [9.17, 15) is 9.59 Å². The largest absolute Gasteiger partial charge is 0.480 e. The predicted molar refractivity (Wildman–Crippen MR) is 54.4 cm³/mol. The van der Waals surface area contributed by atoms with Crippen LogP contribution >= 0.6 is 0 Å². The fourth-order valence-electron chi connectivity index (χ4n) is 0.472. The van der Waals surface area contributed by atoms with E-state index >= 15 is 0 Å². The third kappa shape index (κ3) is 10.5. The van der Waals surface area contributed by atoms with Crippen molar-refractivity contribution in [3.8, 4) is 0 Å². The van der Waals surface area contributed by atoms with Crippen molar-refractivity contribution in [1.29, 1.82) is 0 Å². The van der Waals surface area contributed by atoms with Crippen molar-refractivity contribution in [2.75, 3.05) is 6.61 Å². The summed E-state index contributed by atoms with van der Waals surface area (Å²) in [5, 5.41) is 24.1. The minimum absolute atomic E-state index is 0.424. The number of hydrogen-bond acceptors (Lipinski definition) is 4. The second-order valence-electron chi connectivity index (χ2n) is 2.73. The number of aliphatic hydroxyl groups is 1. The first kappa shape index (κ1) is 16.0. The fraction of sp³-hybridized carbons (Fsp3) is 0.556. The van der Waals surface area contributed by atoms with Gasteiger partial charge in [0.15, 0.2) is 0 Å². The first-order valence-electron chi connectivity index (χ1n) is 4.36. The Balaban J connectivity index is 0. The van der Waals surface area contributed by atoms with E-state index in [1.165, 1.54) is 0 Å². The number of aliphatic carboxylic acids is 2. The number of aliphatic hydroxyl groups excluding tert-OH is 1. The maximum absolute atomic E-state index is 10.0. The minimum atomic E-state index is -1.18. The van der Waals surface area contributed by atoms with E-state index in [2.05, 4.69) is 0 Å². The van der Waals surface area contributed by atoms with Gasteiger partial charge in [0.2, 0.25) is 0 Å². The van der Waals surface area contributed by atoms with Gasteiger partial charge in [-0.3, -0.25) is 4.79 Å². The smallest absolute Gasteiger partial charge is 0.330 e. The highest BCUT2D eigenvalue weighted by Crippen LogP contribution is 1.92. The molecule has 0 aliphatic heterocycles. The van der Waals surface area contributed by atoms with Crippen LogP contribution in [0.5, 0.6) is 0 Å². The summed E-state index contributed by atoms with van der Waals surface area (Å²) in [6.45, 7) is 2.99. The Bertz CT molecular complexity index is 237. The number of allylic oxidation sites excluding steroid dienone is 1. The Morgan fingerprint density at radius 1 is 1.40 bits per heavy atom. The van der Waals surface area contributed by atoms with Gasteiger partial charge in [-0.1, -0.05) is 13.0 Å². The zero-order valence-electron chi connectivity index (χ0n) is 8.80. The lowest BCUT2D eigenvalue weighted by Gasteiger charge is -1.96. The van der Waals surface area contributed by atoms with E-state index in [0.29, 0.717) is 5.57 Å². The zero-order chi connectivity index (χ0) is 12.4. The van der Waals surface area contributed by atoms with E-state index in [-0.39, 0.29) is 0 Å². The molecular formula is C9H17NO5. The third-order valence-electron chi connectivity index (χ3n) is 1.36. The normalized spacial score (nSPS) is 12.4. The lowest BCUT2D eigenvalue weighted by Crippen LogP contribution is -2.33. The predicted octanol–water partition coefficient (Wildman–Crippen LogP) is -0.182. The molecular weight excluding hydrogens is 202 g/mol. The minimum Gasteiger partial charge on any atom is -0.480 e. The summed E-state index contributed by atoms with van der Waals surface area (Å²) >= 11 is 0. The third-order valence-corrected chi connectivity index (χ3v) is 1.36. The quantitative estimate of drug-likeness (QED) is 0.486. The number of rotatable bonds is 4. The van der Waals surface area contributed by atoms with Crippen LogP contribution in [-0.4, -0.2) is 39.9 Å². The van der Waals surface area contributed by atoms with E-state index in [1.807, 2.05) is 6.92 Å². The van der Waals surface area contributed by atoms with Crippen molar-refractivity contribution in [2.45, 2.75) is 26.3 Å². The molecule has 0 fully saturated rings. The van der Waals surface area contributed by atoms with Crippen molar-refractivity contribution >= 4 is 11.9 Å². The fourth-order valence-corrected chi connectivity index (χ4v) is 0.472. The summed E-state index contributed by atoms with van der Waals surface area (Å²) in [4.78, 5) is 19.7. The number of carboxylic acid groups (broad SMARTS) is 2. The monoisotopic (exact) mass is 219 g/mol. The van der Waals surface area contributed by atoms with E-state index < -0.39 is 24.6 Å². The molecule has 1 atom stereocenters. The molecule has 0 aromatic rings. The van der Waals surface area contributed by atoms with Gasteiger partial charge >= 0.3 is 11.9 Å². The first-order valence-corrected chi connectivity index (χ1v) is 4.36. The molecule has 0 unspecified atom stereocenters. The molecule has 6 nitrogen and oxygen atoms in total. The van der Waals surface area contributed by atoms with Crippen molar-refractivity contribution in [3.63, 3.8) is 0 Å². The Morgan fingerprint density at radius 2 is 1.87 bits per heavy atom. The van der Waals surface area contributed by atoms with Gasteiger partial charge in [-0.25, -0.2) is 4.79 Å². The molecule has 0 heterocycles. The number of hydrogen-bond donors (Lipinski definition) is 4.